The van der Waals surface area contributed by atoms with Crippen molar-refractivity contribution < 1.29 is 5.11 Å². The molecule has 2 nitrogen and oxygen atoms in total. The van der Waals surface area contributed by atoms with Gasteiger partial charge in [0.2, 0.25) is 0 Å². The van der Waals surface area contributed by atoms with Crippen LogP contribution in [-0.2, 0) is 5.60 Å². The third-order valence-corrected chi connectivity index (χ3v) is 3.44. The highest BCUT2D eigenvalue weighted by Gasteiger charge is 2.20. The number of aromatic nitrogens is 1. The summed E-state index contributed by atoms with van der Waals surface area (Å²) in [6.07, 6.45) is 0. The van der Waals surface area contributed by atoms with Crippen LogP contribution in [-0.4, -0.2) is 10.1 Å². The number of thiazole rings is 1. The highest BCUT2D eigenvalue weighted by molar-refractivity contribution is 7.18. The molecule has 0 aliphatic heterocycles. The van der Waals surface area contributed by atoms with Gasteiger partial charge in [0.15, 0.2) is 0 Å². The lowest BCUT2D eigenvalue weighted by atomic mass is 10.2. The second-order valence-corrected chi connectivity index (χ2v) is 5.16. The molecule has 74 valence electrons. The zero-order valence-corrected chi connectivity index (χ0v) is 9.49. The van der Waals surface area contributed by atoms with Gasteiger partial charge in [-0.15, -0.1) is 11.3 Å². The van der Waals surface area contributed by atoms with Crippen molar-refractivity contribution in [3.8, 4) is 0 Å². The summed E-state index contributed by atoms with van der Waals surface area (Å²) in [5, 5.41) is 11.2. The highest BCUT2D eigenvalue weighted by atomic mass is 35.5. The molecule has 0 radical (unpaired) electrons. The molecule has 2 rings (SSSR count). The van der Waals surface area contributed by atoms with Gasteiger partial charge in [-0.25, -0.2) is 4.98 Å². The molecule has 4 heteroatoms. The second-order valence-electron chi connectivity index (χ2n) is 3.69. The summed E-state index contributed by atoms with van der Waals surface area (Å²) in [5.41, 5.74) is 0.00686. The fourth-order valence-electron chi connectivity index (χ4n) is 1.16. The van der Waals surface area contributed by atoms with E-state index in [1.807, 2.05) is 12.1 Å². The Hall–Kier alpha value is -0.640. The van der Waals surface area contributed by atoms with E-state index in [0.717, 1.165) is 15.2 Å². The Balaban J connectivity index is 2.63. The number of rotatable bonds is 1. The van der Waals surface area contributed by atoms with Gasteiger partial charge in [-0.05, 0) is 32.0 Å². The van der Waals surface area contributed by atoms with Crippen molar-refractivity contribution in [1.29, 1.82) is 0 Å². The molecule has 0 aliphatic carbocycles. The molecule has 1 aromatic carbocycles. The molecule has 0 fully saturated rings. The lowest BCUT2D eigenvalue weighted by Gasteiger charge is -2.11. The normalized spacial score (nSPS) is 12.3. The molecule has 1 N–H and O–H groups in total. The largest absolute Gasteiger partial charge is 0.383 e. The zero-order valence-electron chi connectivity index (χ0n) is 7.91. The van der Waals surface area contributed by atoms with Crippen LogP contribution in [0.5, 0.6) is 0 Å². The molecule has 1 heterocycles. The Morgan fingerprint density at radius 1 is 1.43 bits per heavy atom. The van der Waals surface area contributed by atoms with Crippen molar-refractivity contribution in [1.82, 2.24) is 4.98 Å². The lowest BCUT2D eigenvalue weighted by Crippen LogP contribution is -2.14. The van der Waals surface area contributed by atoms with Crippen LogP contribution in [0.1, 0.15) is 18.9 Å². The average molecular weight is 228 g/mol. The summed E-state index contributed by atoms with van der Waals surface area (Å²) < 4.78 is 1.01. The average Bonchev–Trinajstić information content (AvgIpc) is 2.45. The van der Waals surface area contributed by atoms with E-state index >= 15 is 0 Å². The Morgan fingerprint density at radius 3 is 2.79 bits per heavy atom. The SMILES string of the molecule is CC(C)(O)c1nc2ccc(Cl)cc2s1. The van der Waals surface area contributed by atoms with Gasteiger partial charge in [0.25, 0.3) is 0 Å². The number of halogens is 1. The third-order valence-electron chi connectivity index (χ3n) is 1.87. The number of hydrogen-bond acceptors (Lipinski definition) is 3. The maximum Gasteiger partial charge on any atom is 0.125 e. The maximum atomic E-state index is 9.77. The van der Waals surface area contributed by atoms with Crippen LogP contribution in [0.2, 0.25) is 5.02 Å². The summed E-state index contributed by atoms with van der Waals surface area (Å²) >= 11 is 7.33. The van der Waals surface area contributed by atoms with Crippen LogP contribution in [0.4, 0.5) is 0 Å². The van der Waals surface area contributed by atoms with Crippen LogP contribution in [0.15, 0.2) is 18.2 Å². The minimum Gasteiger partial charge on any atom is -0.383 e. The van der Waals surface area contributed by atoms with Gasteiger partial charge in [0, 0.05) is 5.02 Å². The molecule has 0 aliphatic rings. The van der Waals surface area contributed by atoms with Gasteiger partial charge in [0.1, 0.15) is 10.6 Å². The summed E-state index contributed by atoms with van der Waals surface area (Å²) in [6, 6.07) is 5.53. The predicted octanol–water partition coefficient (Wildman–Crippen LogP) is 3.18. The van der Waals surface area contributed by atoms with Gasteiger partial charge >= 0.3 is 0 Å². The molecule has 2 aromatic rings. The van der Waals surface area contributed by atoms with Crippen molar-refractivity contribution in [2.24, 2.45) is 0 Å². The van der Waals surface area contributed by atoms with Gasteiger partial charge in [-0.2, -0.15) is 0 Å². The highest BCUT2D eigenvalue weighted by Crippen LogP contribution is 2.30. The molecule has 0 atom stereocenters. The van der Waals surface area contributed by atoms with Crippen LogP contribution >= 0.6 is 22.9 Å². The van der Waals surface area contributed by atoms with Crippen molar-refractivity contribution in [3.05, 3.63) is 28.2 Å². The maximum absolute atomic E-state index is 9.77. The van der Waals surface area contributed by atoms with Crippen molar-refractivity contribution >= 4 is 33.2 Å². The standard InChI is InChI=1S/C10H10ClNOS/c1-10(2,13)9-12-7-4-3-6(11)5-8(7)14-9/h3-5,13H,1-2H3. The van der Waals surface area contributed by atoms with Crippen LogP contribution in [0.25, 0.3) is 10.2 Å². The summed E-state index contributed by atoms with van der Waals surface area (Å²) in [4.78, 5) is 4.33. The first kappa shape index (κ1) is 9.90. The van der Waals surface area contributed by atoms with E-state index in [-0.39, 0.29) is 0 Å². The molecular weight excluding hydrogens is 218 g/mol. The van der Waals surface area contributed by atoms with Gasteiger partial charge in [0.05, 0.1) is 10.2 Å². The molecule has 1 aromatic heterocycles. The number of nitrogens with zero attached hydrogens (tertiary/aromatic N) is 1. The molecule has 14 heavy (non-hydrogen) atoms. The van der Waals surface area contributed by atoms with Crippen molar-refractivity contribution in [2.75, 3.05) is 0 Å². The van der Waals surface area contributed by atoms with E-state index in [0.29, 0.717) is 5.02 Å². The molecule has 0 amide bonds. The summed E-state index contributed by atoms with van der Waals surface area (Å²) in [6.45, 7) is 3.46. The van der Waals surface area contributed by atoms with Crippen molar-refractivity contribution in [3.63, 3.8) is 0 Å². The first-order chi connectivity index (χ1) is 6.47. The Morgan fingerprint density at radius 2 is 2.14 bits per heavy atom. The van der Waals surface area contributed by atoms with Gasteiger partial charge < -0.3 is 5.11 Å². The topological polar surface area (TPSA) is 33.1 Å². The van der Waals surface area contributed by atoms with Crippen LogP contribution < -0.4 is 0 Å². The predicted molar refractivity (Wildman–Crippen MR) is 59.9 cm³/mol. The third kappa shape index (κ3) is 1.75. The van der Waals surface area contributed by atoms with Crippen LogP contribution in [0.3, 0.4) is 0 Å². The number of benzene rings is 1. The number of fused-ring (bicyclic) bond motifs is 1. The molecule has 0 bridgehead atoms. The lowest BCUT2D eigenvalue weighted by molar-refractivity contribution is 0.0785. The summed E-state index contributed by atoms with van der Waals surface area (Å²) in [5.74, 6) is 0. The monoisotopic (exact) mass is 227 g/mol. The van der Waals surface area contributed by atoms with E-state index < -0.39 is 5.60 Å². The zero-order chi connectivity index (χ0) is 10.3. The molecule has 0 unspecified atom stereocenters. The molecular formula is C10H10ClNOS. The fraction of sp³-hybridized carbons (Fsp3) is 0.300. The quantitative estimate of drug-likeness (QED) is 0.812. The number of aliphatic hydroxyl groups is 1. The Labute approximate surface area is 91.2 Å². The molecule has 0 spiro atoms. The smallest absolute Gasteiger partial charge is 0.125 e. The number of hydrogen-bond donors (Lipinski definition) is 1. The van der Waals surface area contributed by atoms with Gasteiger partial charge in [-0.3, -0.25) is 0 Å². The Bertz CT molecular complexity index is 472. The van der Waals surface area contributed by atoms with Gasteiger partial charge in [-0.1, -0.05) is 11.6 Å². The minimum atomic E-state index is -0.879. The van der Waals surface area contributed by atoms with E-state index in [1.165, 1.54) is 11.3 Å². The van der Waals surface area contributed by atoms with E-state index in [1.54, 1.807) is 19.9 Å². The van der Waals surface area contributed by atoms with E-state index in [2.05, 4.69) is 4.98 Å². The molecule has 0 saturated heterocycles. The minimum absolute atomic E-state index is 0.698. The first-order valence-electron chi connectivity index (χ1n) is 4.26. The second kappa shape index (κ2) is 3.19. The summed E-state index contributed by atoms with van der Waals surface area (Å²) in [7, 11) is 0. The van der Waals surface area contributed by atoms with Crippen molar-refractivity contribution in [2.45, 2.75) is 19.4 Å². The fourth-order valence-corrected chi connectivity index (χ4v) is 2.40. The van der Waals surface area contributed by atoms with Crippen LogP contribution in [0, 0.1) is 0 Å². The van der Waals surface area contributed by atoms with E-state index in [9.17, 15) is 5.11 Å². The molecule has 0 saturated carbocycles. The first-order valence-corrected chi connectivity index (χ1v) is 5.45. The Kier molecular flexibility index (Phi) is 2.26. The van der Waals surface area contributed by atoms with E-state index in [4.69, 9.17) is 11.6 Å².